The number of thioether (sulfide) groups is 1. The first-order valence-electron chi connectivity index (χ1n) is 11.2. The smallest absolute Gasteiger partial charge is 0.407 e. The molecule has 0 saturated heterocycles. The third-order valence-corrected chi connectivity index (χ3v) is 6.52. The summed E-state index contributed by atoms with van der Waals surface area (Å²) < 4.78 is 10.7. The Morgan fingerprint density at radius 3 is 2.29 bits per heavy atom. The fourth-order valence-corrected chi connectivity index (χ4v) is 4.64. The SMILES string of the molecule is CSCCC(NC(=O)OCC1c2ccccc2-c2ccccc21)C(=O)NCc1ccc(C(=O)O)o1. The van der Waals surface area contributed by atoms with Crippen LogP contribution in [0.3, 0.4) is 0 Å². The molecule has 1 heterocycles. The van der Waals surface area contributed by atoms with Gasteiger partial charge in [-0.3, -0.25) is 4.79 Å². The number of carboxylic acids is 1. The van der Waals surface area contributed by atoms with E-state index in [2.05, 4.69) is 22.8 Å². The summed E-state index contributed by atoms with van der Waals surface area (Å²) in [5, 5.41) is 14.3. The van der Waals surface area contributed by atoms with Crippen LogP contribution >= 0.6 is 11.8 Å². The highest BCUT2D eigenvalue weighted by Gasteiger charge is 2.29. The molecule has 8 nitrogen and oxygen atoms in total. The number of benzene rings is 2. The highest BCUT2D eigenvalue weighted by molar-refractivity contribution is 7.98. The minimum Gasteiger partial charge on any atom is -0.475 e. The van der Waals surface area contributed by atoms with Crippen LogP contribution in [-0.2, 0) is 16.1 Å². The van der Waals surface area contributed by atoms with Crippen molar-refractivity contribution >= 4 is 29.7 Å². The molecule has 3 N–H and O–H groups in total. The average Bonchev–Trinajstić information content (AvgIpc) is 3.47. The van der Waals surface area contributed by atoms with Crippen LogP contribution in [0, 0.1) is 0 Å². The molecule has 0 aliphatic heterocycles. The number of nitrogens with one attached hydrogen (secondary N) is 2. The van der Waals surface area contributed by atoms with Crippen molar-refractivity contribution < 1.29 is 28.6 Å². The maximum Gasteiger partial charge on any atom is 0.407 e. The van der Waals surface area contributed by atoms with E-state index in [-0.39, 0.29) is 24.8 Å². The molecule has 9 heteroatoms. The van der Waals surface area contributed by atoms with Crippen molar-refractivity contribution in [1.82, 2.24) is 10.6 Å². The molecular formula is C26H26N2O6S. The standard InChI is InChI=1S/C26H26N2O6S/c1-35-13-12-22(24(29)27-14-16-10-11-23(34-16)25(30)31)28-26(32)33-15-21-19-8-4-2-6-17(19)18-7-3-5-9-20(18)21/h2-11,21-22H,12-15H2,1H3,(H,27,29)(H,28,32)(H,30,31). The Kier molecular flexibility index (Phi) is 7.77. The Bertz CT molecular complexity index is 1180. The Labute approximate surface area is 207 Å². The van der Waals surface area contributed by atoms with Crippen LogP contribution in [0.2, 0.25) is 0 Å². The molecular weight excluding hydrogens is 468 g/mol. The number of carbonyl (C=O) groups excluding carboxylic acids is 2. The summed E-state index contributed by atoms with van der Waals surface area (Å²) in [5.74, 6) is -0.899. The number of amides is 2. The Hall–Kier alpha value is -3.72. The van der Waals surface area contributed by atoms with Crippen molar-refractivity contribution in [3.63, 3.8) is 0 Å². The van der Waals surface area contributed by atoms with Gasteiger partial charge in [0.1, 0.15) is 18.4 Å². The monoisotopic (exact) mass is 494 g/mol. The van der Waals surface area contributed by atoms with Crippen LogP contribution < -0.4 is 10.6 Å². The van der Waals surface area contributed by atoms with Gasteiger partial charge in [-0.05, 0) is 52.8 Å². The molecule has 1 aliphatic rings. The van der Waals surface area contributed by atoms with E-state index in [0.29, 0.717) is 17.9 Å². The highest BCUT2D eigenvalue weighted by atomic mass is 32.2. The van der Waals surface area contributed by atoms with E-state index < -0.39 is 24.0 Å². The van der Waals surface area contributed by atoms with Crippen molar-refractivity contribution in [1.29, 1.82) is 0 Å². The molecule has 0 saturated carbocycles. The van der Waals surface area contributed by atoms with Crippen molar-refractivity contribution in [3.8, 4) is 11.1 Å². The lowest BCUT2D eigenvalue weighted by atomic mass is 9.98. The van der Waals surface area contributed by atoms with E-state index in [1.807, 2.05) is 42.7 Å². The van der Waals surface area contributed by atoms with Gasteiger partial charge in [0.15, 0.2) is 0 Å². The second-order valence-corrected chi connectivity index (χ2v) is 9.08. The molecule has 0 spiro atoms. The summed E-state index contributed by atoms with van der Waals surface area (Å²) in [6.45, 7) is 0.162. The Morgan fingerprint density at radius 2 is 1.69 bits per heavy atom. The van der Waals surface area contributed by atoms with Crippen LogP contribution in [0.15, 0.2) is 65.1 Å². The first-order valence-corrected chi connectivity index (χ1v) is 12.6. The summed E-state index contributed by atoms with van der Waals surface area (Å²) >= 11 is 1.56. The molecule has 0 bridgehead atoms. The lowest BCUT2D eigenvalue weighted by Crippen LogP contribution is -2.47. The second kappa shape index (κ2) is 11.1. The van der Waals surface area contributed by atoms with Gasteiger partial charge in [0, 0.05) is 5.92 Å². The number of fused-ring (bicyclic) bond motifs is 3. The lowest BCUT2D eigenvalue weighted by molar-refractivity contribution is -0.123. The van der Waals surface area contributed by atoms with E-state index in [0.717, 1.165) is 22.3 Å². The summed E-state index contributed by atoms with van der Waals surface area (Å²) in [6, 6.07) is 18.2. The number of carbonyl (C=O) groups is 3. The fraction of sp³-hybridized carbons (Fsp3) is 0.269. The zero-order valence-electron chi connectivity index (χ0n) is 19.2. The predicted molar refractivity (Wildman–Crippen MR) is 133 cm³/mol. The quantitative estimate of drug-likeness (QED) is 0.386. The fourth-order valence-electron chi connectivity index (χ4n) is 4.17. The molecule has 35 heavy (non-hydrogen) atoms. The maximum atomic E-state index is 12.7. The predicted octanol–water partition coefficient (Wildman–Crippen LogP) is 4.25. The number of alkyl carbamates (subject to hydrolysis) is 1. The summed E-state index contributed by atoms with van der Waals surface area (Å²) in [7, 11) is 0. The number of ether oxygens (including phenoxy) is 1. The van der Waals surface area contributed by atoms with Crippen LogP contribution in [0.5, 0.6) is 0 Å². The van der Waals surface area contributed by atoms with Gasteiger partial charge in [0.2, 0.25) is 11.7 Å². The number of rotatable bonds is 10. The largest absolute Gasteiger partial charge is 0.475 e. The van der Waals surface area contributed by atoms with Crippen LogP contribution in [0.25, 0.3) is 11.1 Å². The third kappa shape index (κ3) is 5.68. The molecule has 1 atom stereocenters. The molecule has 2 amide bonds. The summed E-state index contributed by atoms with van der Waals surface area (Å²) in [4.78, 5) is 36.3. The molecule has 1 aromatic heterocycles. The number of hydrogen-bond acceptors (Lipinski definition) is 6. The van der Waals surface area contributed by atoms with Gasteiger partial charge in [-0.2, -0.15) is 11.8 Å². The normalized spacial score (nSPS) is 12.9. The van der Waals surface area contributed by atoms with Crippen LogP contribution in [0.1, 0.15) is 39.8 Å². The van der Waals surface area contributed by atoms with E-state index in [9.17, 15) is 14.4 Å². The third-order valence-electron chi connectivity index (χ3n) is 5.87. The van der Waals surface area contributed by atoms with Crippen molar-refractivity contribution in [2.75, 3.05) is 18.6 Å². The van der Waals surface area contributed by atoms with E-state index in [1.54, 1.807) is 11.8 Å². The van der Waals surface area contributed by atoms with Crippen molar-refractivity contribution in [2.24, 2.45) is 0 Å². The second-order valence-electron chi connectivity index (χ2n) is 8.09. The minimum absolute atomic E-state index is 0.00819. The zero-order chi connectivity index (χ0) is 24.8. The summed E-state index contributed by atoms with van der Waals surface area (Å²) in [5.41, 5.74) is 4.49. The molecule has 0 fully saturated rings. The molecule has 0 radical (unpaired) electrons. The number of hydrogen-bond donors (Lipinski definition) is 3. The van der Waals surface area contributed by atoms with Gasteiger partial charge >= 0.3 is 12.1 Å². The highest BCUT2D eigenvalue weighted by Crippen LogP contribution is 2.44. The Morgan fingerprint density at radius 1 is 1.03 bits per heavy atom. The van der Waals surface area contributed by atoms with Gasteiger partial charge < -0.3 is 24.9 Å². The average molecular weight is 495 g/mol. The molecule has 1 aliphatic carbocycles. The first-order chi connectivity index (χ1) is 17.0. The topological polar surface area (TPSA) is 118 Å². The minimum atomic E-state index is -1.18. The summed E-state index contributed by atoms with van der Waals surface area (Å²) in [6.07, 6.45) is 1.66. The molecule has 3 aromatic rings. The van der Waals surface area contributed by atoms with Crippen LogP contribution in [0.4, 0.5) is 4.79 Å². The van der Waals surface area contributed by atoms with Crippen molar-refractivity contribution in [2.45, 2.75) is 24.9 Å². The molecule has 4 rings (SSSR count). The number of aromatic carboxylic acids is 1. The molecule has 1 unspecified atom stereocenters. The number of furan rings is 1. The van der Waals surface area contributed by atoms with E-state index >= 15 is 0 Å². The first kappa shape index (κ1) is 24.4. The van der Waals surface area contributed by atoms with Gasteiger partial charge in [-0.15, -0.1) is 0 Å². The molecule has 182 valence electrons. The van der Waals surface area contributed by atoms with Crippen LogP contribution in [-0.4, -0.2) is 47.7 Å². The van der Waals surface area contributed by atoms with E-state index in [1.165, 1.54) is 12.1 Å². The van der Waals surface area contributed by atoms with Gasteiger partial charge in [-0.25, -0.2) is 9.59 Å². The maximum absolute atomic E-state index is 12.7. The van der Waals surface area contributed by atoms with E-state index in [4.69, 9.17) is 14.3 Å². The van der Waals surface area contributed by atoms with Gasteiger partial charge in [0.25, 0.3) is 0 Å². The number of carboxylic acid groups (broad SMARTS) is 1. The van der Waals surface area contributed by atoms with Gasteiger partial charge in [-0.1, -0.05) is 48.5 Å². The zero-order valence-corrected chi connectivity index (χ0v) is 20.0. The van der Waals surface area contributed by atoms with Gasteiger partial charge in [0.05, 0.1) is 6.54 Å². The lowest BCUT2D eigenvalue weighted by Gasteiger charge is -2.19. The van der Waals surface area contributed by atoms with Crippen molar-refractivity contribution in [3.05, 3.63) is 83.3 Å². The molecule has 2 aromatic carbocycles. The Balaban J connectivity index is 1.36.